The molecule has 0 saturated heterocycles. The van der Waals surface area contributed by atoms with Crippen molar-refractivity contribution in [1.29, 1.82) is 5.26 Å². The van der Waals surface area contributed by atoms with Crippen LogP contribution in [-0.2, 0) is 4.79 Å². The van der Waals surface area contributed by atoms with Crippen LogP contribution < -0.4 is 5.32 Å². The number of hydrogen-bond donors (Lipinski definition) is 1. The summed E-state index contributed by atoms with van der Waals surface area (Å²) in [5.41, 5.74) is 0.499. The fraction of sp³-hybridized carbons (Fsp3) is 0. The normalized spacial score (nSPS) is 10.9. The summed E-state index contributed by atoms with van der Waals surface area (Å²) in [5, 5.41) is 11.6. The Hall–Kier alpha value is -2.52. The van der Waals surface area contributed by atoms with Gasteiger partial charge in [-0.3, -0.25) is 4.79 Å². The molecule has 0 atom stereocenters. The minimum atomic E-state index is -1.04. The molecule has 2 aromatic rings. The number of para-hydroxylation sites is 1. The summed E-state index contributed by atoms with van der Waals surface area (Å²) in [5.74, 6) is -2.68. The standard InChI is InChI=1S/C16H9BrF2N2O/c17-12-3-1-2-4-15(12)21-16(22)11(9-20)7-10-5-6-13(18)14(19)8-10/h1-8H,(H,21,22). The van der Waals surface area contributed by atoms with E-state index >= 15 is 0 Å². The Labute approximate surface area is 134 Å². The Balaban J connectivity index is 2.26. The van der Waals surface area contributed by atoms with Gasteiger partial charge in [0.15, 0.2) is 11.6 Å². The first-order valence-electron chi connectivity index (χ1n) is 6.14. The van der Waals surface area contributed by atoms with Crippen molar-refractivity contribution in [2.75, 3.05) is 5.32 Å². The lowest BCUT2D eigenvalue weighted by molar-refractivity contribution is -0.112. The minimum Gasteiger partial charge on any atom is -0.320 e. The van der Waals surface area contributed by atoms with Crippen molar-refractivity contribution in [3.8, 4) is 6.07 Å². The molecule has 0 aliphatic carbocycles. The summed E-state index contributed by atoms with van der Waals surface area (Å²) in [4.78, 5) is 12.1. The zero-order valence-electron chi connectivity index (χ0n) is 11.1. The van der Waals surface area contributed by atoms with E-state index in [1.807, 2.05) is 0 Å². The third kappa shape index (κ3) is 3.77. The van der Waals surface area contributed by atoms with Crippen molar-refractivity contribution in [2.24, 2.45) is 0 Å². The summed E-state index contributed by atoms with van der Waals surface area (Å²) in [7, 11) is 0. The number of rotatable bonds is 3. The molecular formula is C16H9BrF2N2O. The maximum absolute atomic E-state index is 13.1. The van der Waals surface area contributed by atoms with Crippen molar-refractivity contribution in [3.05, 3.63) is 69.7 Å². The molecule has 0 saturated carbocycles. The average molecular weight is 363 g/mol. The molecule has 1 amide bonds. The van der Waals surface area contributed by atoms with Gasteiger partial charge in [-0.15, -0.1) is 0 Å². The maximum Gasteiger partial charge on any atom is 0.266 e. The first-order chi connectivity index (χ1) is 10.5. The van der Waals surface area contributed by atoms with Crippen LogP contribution in [0.25, 0.3) is 6.08 Å². The quantitative estimate of drug-likeness (QED) is 0.654. The van der Waals surface area contributed by atoms with Gasteiger partial charge in [-0.25, -0.2) is 8.78 Å². The molecule has 0 aliphatic heterocycles. The second-order valence-corrected chi connectivity index (χ2v) is 5.13. The van der Waals surface area contributed by atoms with Gasteiger partial charge < -0.3 is 5.32 Å². The van der Waals surface area contributed by atoms with E-state index < -0.39 is 17.5 Å². The number of nitrogens with zero attached hydrogens (tertiary/aromatic N) is 1. The Morgan fingerprint density at radius 2 is 1.91 bits per heavy atom. The van der Waals surface area contributed by atoms with Crippen LogP contribution in [0.1, 0.15) is 5.56 Å². The highest BCUT2D eigenvalue weighted by Gasteiger charge is 2.11. The van der Waals surface area contributed by atoms with E-state index in [4.69, 9.17) is 5.26 Å². The molecule has 0 spiro atoms. The van der Waals surface area contributed by atoms with Crippen molar-refractivity contribution in [3.63, 3.8) is 0 Å². The number of carbonyl (C=O) groups is 1. The Kier molecular flexibility index (Phi) is 5.02. The Bertz CT molecular complexity index is 797. The van der Waals surface area contributed by atoms with Crippen LogP contribution in [-0.4, -0.2) is 5.91 Å². The molecule has 0 unspecified atom stereocenters. The van der Waals surface area contributed by atoms with E-state index in [-0.39, 0.29) is 11.1 Å². The van der Waals surface area contributed by atoms with Gasteiger partial charge in [0, 0.05) is 4.47 Å². The summed E-state index contributed by atoms with van der Waals surface area (Å²) >= 11 is 3.27. The second-order valence-electron chi connectivity index (χ2n) is 4.28. The lowest BCUT2D eigenvalue weighted by Gasteiger charge is -2.06. The summed E-state index contributed by atoms with van der Waals surface area (Å²) in [6.07, 6.45) is 1.19. The maximum atomic E-state index is 13.1. The molecule has 0 fully saturated rings. The second kappa shape index (κ2) is 6.96. The van der Waals surface area contributed by atoms with E-state index in [0.717, 1.165) is 12.1 Å². The van der Waals surface area contributed by atoms with E-state index in [1.54, 1.807) is 30.3 Å². The van der Waals surface area contributed by atoms with E-state index in [0.29, 0.717) is 10.2 Å². The average Bonchev–Trinajstić information content (AvgIpc) is 2.50. The van der Waals surface area contributed by atoms with Gasteiger partial charge in [-0.05, 0) is 51.8 Å². The number of halogens is 3. The van der Waals surface area contributed by atoms with Crippen LogP contribution in [0.4, 0.5) is 14.5 Å². The molecule has 3 nitrogen and oxygen atoms in total. The number of nitriles is 1. The molecule has 0 bridgehead atoms. The zero-order valence-corrected chi connectivity index (χ0v) is 12.7. The Morgan fingerprint density at radius 1 is 1.18 bits per heavy atom. The minimum absolute atomic E-state index is 0.220. The number of nitrogens with one attached hydrogen (secondary N) is 1. The highest BCUT2D eigenvalue weighted by atomic mass is 79.9. The van der Waals surface area contributed by atoms with Crippen molar-refractivity contribution < 1.29 is 13.6 Å². The molecular weight excluding hydrogens is 354 g/mol. The predicted octanol–water partition coefficient (Wildman–Crippen LogP) is 4.27. The van der Waals surface area contributed by atoms with Gasteiger partial charge >= 0.3 is 0 Å². The first kappa shape index (κ1) is 15.9. The zero-order chi connectivity index (χ0) is 16.1. The summed E-state index contributed by atoms with van der Waals surface area (Å²) < 4.78 is 26.7. The van der Waals surface area contributed by atoms with E-state index in [2.05, 4.69) is 21.2 Å². The summed E-state index contributed by atoms with van der Waals surface area (Å²) in [6.45, 7) is 0. The molecule has 0 radical (unpaired) electrons. The van der Waals surface area contributed by atoms with Crippen LogP contribution in [0, 0.1) is 23.0 Å². The number of amides is 1. The molecule has 0 aromatic heterocycles. The highest BCUT2D eigenvalue weighted by Crippen LogP contribution is 2.22. The van der Waals surface area contributed by atoms with Gasteiger partial charge in [-0.2, -0.15) is 5.26 Å². The molecule has 0 aliphatic rings. The number of hydrogen-bond acceptors (Lipinski definition) is 2. The molecule has 1 N–H and O–H groups in total. The van der Waals surface area contributed by atoms with Gasteiger partial charge in [0.1, 0.15) is 11.6 Å². The smallest absolute Gasteiger partial charge is 0.266 e. The largest absolute Gasteiger partial charge is 0.320 e. The molecule has 6 heteroatoms. The lowest BCUT2D eigenvalue weighted by atomic mass is 10.1. The number of anilines is 1. The van der Waals surface area contributed by atoms with Crippen molar-refractivity contribution in [1.82, 2.24) is 0 Å². The lowest BCUT2D eigenvalue weighted by Crippen LogP contribution is -2.13. The molecule has 22 heavy (non-hydrogen) atoms. The monoisotopic (exact) mass is 362 g/mol. The van der Waals surface area contributed by atoms with Gasteiger partial charge in [0.2, 0.25) is 0 Å². The molecule has 2 rings (SSSR count). The summed E-state index contributed by atoms with van der Waals surface area (Å²) in [6, 6.07) is 11.8. The van der Waals surface area contributed by atoms with Gasteiger partial charge in [0.25, 0.3) is 5.91 Å². The number of carbonyl (C=O) groups excluding carboxylic acids is 1. The Morgan fingerprint density at radius 3 is 2.55 bits per heavy atom. The number of benzene rings is 2. The molecule has 110 valence electrons. The molecule has 0 heterocycles. The van der Waals surface area contributed by atoms with Crippen LogP contribution in [0.2, 0.25) is 0 Å². The first-order valence-corrected chi connectivity index (χ1v) is 6.93. The molecule has 2 aromatic carbocycles. The van der Waals surface area contributed by atoms with Crippen LogP contribution in [0.5, 0.6) is 0 Å². The van der Waals surface area contributed by atoms with Crippen LogP contribution >= 0.6 is 15.9 Å². The predicted molar refractivity (Wildman–Crippen MR) is 82.7 cm³/mol. The van der Waals surface area contributed by atoms with Gasteiger partial charge in [-0.1, -0.05) is 18.2 Å². The third-order valence-electron chi connectivity index (χ3n) is 2.74. The fourth-order valence-electron chi connectivity index (χ4n) is 1.67. The highest BCUT2D eigenvalue weighted by molar-refractivity contribution is 9.10. The van der Waals surface area contributed by atoms with Crippen molar-refractivity contribution in [2.45, 2.75) is 0 Å². The van der Waals surface area contributed by atoms with Gasteiger partial charge in [0.05, 0.1) is 5.69 Å². The SMILES string of the molecule is N#CC(=Cc1ccc(F)c(F)c1)C(=O)Nc1ccccc1Br. The van der Waals surface area contributed by atoms with E-state index in [9.17, 15) is 13.6 Å². The topological polar surface area (TPSA) is 52.9 Å². The van der Waals surface area contributed by atoms with E-state index in [1.165, 1.54) is 12.1 Å². The van der Waals surface area contributed by atoms with Crippen LogP contribution in [0.15, 0.2) is 52.5 Å². The third-order valence-corrected chi connectivity index (χ3v) is 3.43. The van der Waals surface area contributed by atoms with Crippen LogP contribution in [0.3, 0.4) is 0 Å². The van der Waals surface area contributed by atoms with Crippen molar-refractivity contribution >= 4 is 33.6 Å². The fourth-order valence-corrected chi connectivity index (χ4v) is 2.05.